The third-order valence-electron chi connectivity index (χ3n) is 3.88. The molecule has 0 aromatic carbocycles. The lowest BCUT2D eigenvalue weighted by molar-refractivity contribution is -0.138. The second kappa shape index (κ2) is 4.94. The molecule has 1 fully saturated rings. The highest BCUT2D eigenvalue weighted by molar-refractivity contribution is 6.01. The molecule has 0 N–H and O–H groups in total. The molecule has 104 valence electrons. The molecule has 0 saturated heterocycles. The standard InChI is InChI=1S/C14H16F3NO/c1-13(6-3-2-4-7-13)12(19)10-9-18-8-5-11(10)14(15,16)17/h5,8-9H,2-4,6-7H2,1H3. The maximum atomic E-state index is 12.9. The van der Waals surface area contributed by atoms with Crippen LogP contribution in [0.2, 0.25) is 0 Å². The molecule has 5 heteroatoms. The van der Waals surface area contributed by atoms with Crippen molar-refractivity contribution >= 4 is 5.78 Å². The number of Topliss-reactive ketones (excluding diaryl/α,β-unsaturated/α-hetero) is 1. The molecule has 0 aliphatic heterocycles. The summed E-state index contributed by atoms with van der Waals surface area (Å²) < 4.78 is 38.8. The van der Waals surface area contributed by atoms with Gasteiger partial charge in [-0.2, -0.15) is 13.2 Å². The van der Waals surface area contributed by atoms with E-state index in [2.05, 4.69) is 4.98 Å². The monoisotopic (exact) mass is 271 g/mol. The van der Waals surface area contributed by atoms with Gasteiger partial charge in [-0.05, 0) is 18.9 Å². The third-order valence-corrected chi connectivity index (χ3v) is 3.88. The van der Waals surface area contributed by atoms with Gasteiger partial charge in [0.2, 0.25) is 0 Å². The lowest BCUT2D eigenvalue weighted by atomic mass is 9.70. The maximum Gasteiger partial charge on any atom is 0.417 e. The van der Waals surface area contributed by atoms with Crippen LogP contribution in [-0.2, 0) is 6.18 Å². The van der Waals surface area contributed by atoms with Crippen LogP contribution in [0.15, 0.2) is 18.5 Å². The summed E-state index contributed by atoms with van der Waals surface area (Å²) in [6.07, 6.45) is 1.73. The van der Waals surface area contributed by atoms with E-state index in [0.717, 1.165) is 37.7 Å². The average Bonchev–Trinajstić information content (AvgIpc) is 2.38. The predicted molar refractivity (Wildman–Crippen MR) is 64.8 cm³/mol. The van der Waals surface area contributed by atoms with Gasteiger partial charge in [-0.25, -0.2) is 0 Å². The fraction of sp³-hybridized carbons (Fsp3) is 0.571. The van der Waals surface area contributed by atoms with Gasteiger partial charge in [0.05, 0.1) is 5.56 Å². The molecule has 1 aliphatic carbocycles. The molecule has 19 heavy (non-hydrogen) atoms. The highest BCUT2D eigenvalue weighted by Gasteiger charge is 2.41. The van der Waals surface area contributed by atoms with Crippen molar-refractivity contribution in [2.75, 3.05) is 0 Å². The van der Waals surface area contributed by atoms with Crippen LogP contribution in [-0.4, -0.2) is 10.8 Å². The molecule has 0 bridgehead atoms. The van der Waals surface area contributed by atoms with E-state index in [4.69, 9.17) is 0 Å². The quantitative estimate of drug-likeness (QED) is 0.752. The van der Waals surface area contributed by atoms with Crippen molar-refractivity contribution in [3.63, 3.8) is 0 Å². The molecular weight excluding hydrogens is 255 g/mol. The van der Waals surface area contributed by atoms with E-state index in [0.29, 0.717) is 12.8 Å². The number of carbonyl (C=O) groups excluding carboxylic acids is 1. The van der Waals surface area contributed by atoms with Crippen molar-refractivity contribution in [3.05, 3.63) is 29.6 Å². The van der Waals surface area contributed by atoms with Gasteiger partial charge in [0.15, 0.2) is 5.78 Å². The number of hydrogen-bond donors (Lipinski definition) is 0. The lowest BCUT2D eigenvalue weighted by Crippen LogP contribution is -2.32. The smallest absolute Gasteiger partial charge is 0.293 e. The van der Waals surface area contributed by atoms with Crippen LogP contribution in [0.1, 0.15) is 54.9 Å². The van der Waals surface area contributed by atoms with E-state index in [1.807, 2.05) is 0 Å². The summed E-state index contributed by atoms with van der Waals surface area (Å²) >= 11 is 0. The van der Waals surface area contributed by atoms with E-state index in [1.54, 1.807) is 6.92 Å². The summed E-state index contributed by atoms with van der Waals surface area (Å²) in [6.45, 7) is 1.77. The topological polar surface area (TPSA) is 30.0 Å². The molecule has 1 aromatic heterocycles. The number of aromatic nitrogens is 1. The fourth-order valence-corrected chi connectivity index (χ4v) is 2.71. The van der Waals surface area contributed by atoms with Crippen molar-refractivity contribution in [3.8, 4) is 0 Å². The number of carbonyl (C=O) groups is 1. The minimum absolute atomic E-state index is 0.292. The summed E-state index contributed by atoms with van der Waals surface area (Å²) in [6, 6.07) is 0.874. The average molecular weight is 271 g/mol. The van der Waals surface area contributed by atoms with Gasteiger partial charge in [0.1, 0.15) is 0 Å². The van der Waals surface area contributed by atoms with Crippen LogP contribution in [0.4, 0.5) is 13.2 Å². The first kappa shape index (κ1) is 14.0. The van der Waals surface area contributed by atoms with E-state index < -0.39 is 22.9 Å². The molecule has 0 radical (unpaired) electrons. The highest BCUT2D eigenvalue weighted by Crippen LogP contribution is 2.41. The maximum absolute atomic E-state index is 12.9. The molecule has 1 heterocycles. The number of halogens is 3. The number of nitrogens with zero attached hydrogens (tertiary/aromatic N) is 1. The zero-order chi connectivity index (χ0) is 14.1. The normalized spacial score (nSPS) is 19.2. The van der Waals surface area contributed by atoms with Crippen molar-refractivity contribution in [2.24, 2.45) is 5.41 Å². The Morgan fingerprint density at radius 1 is 1.26 bits per heavy atom. The van der Waals surface area contributed by atoms with E-state index in [-0.39, 0.29) is 5.56 Å². The number of ketones is 1. The van der Waals surface area contributed by atoms with Crippen LogP contribution in [0.25, 0.3) is 0 Å². The summed E-state index contributed by atoms with van der Waals surface area (Å²) in [4.78, 5) is 16.1. The second-order valence-electron chi connectivity index (χ2n) is 5.37. The van der Waals surface area contributed by atoms with Gasteiger partial charge in [0.25, 0.3) is 0 Å². The van der Waals surface area contributed by atoms with E-state index in [1.165, 1.54) is 0 Å². The first-order valence-corrected chi connectivity index (χ1v) is 6.41. The highest BCUT2D eigenvalue weighted by atomic mass is 19.4. The van der Waals surface area contributed by atoms with Gasteiger partial charge in [0, 0.05) is 23.4 Å². The summed E-state index contributed by atoms with van der Waals surface area (Å²) in [7, 11) is 0. The predicted octanol–water partition coefficient (Wildman–Crippen LogP) is 4.25. The number of rotatable bonds is 2. The zero-order valence-corrected chi connectivity index (χ0v) is 10.8. The number of pyridine rings is 1. The lowest BCUT2D eigenvalue weighted by Gasteiger charge is -2.32. The van der Waals surface area contributed by atoms with E-state index >= 15 is 0 Å². The zero-order valence-electron chi connectivity index (χ0n) is 10.8. The minimum Gasteiger partial charge on any atom is -0.293 e. The summed E-state index contributed by atoms with van der Waals surface area (Å²) in [5, 5.41) is 0. The Hall–Kier alpha value is -1.39. The van der Waals surface area contributed by atoms with Crippen molar-refractivity contribution in [2.45, 2.75) is 45.2 Å². The van der Waals surface area contributed by atoms with Gasteiger partial charge < -0.3 is 0 Å². The van der Waals surface area contributed by atoms with Gasteiger partial charge in [-0.1, -0.05) is 26.2 Å². The van der Waals surface area contributed by atoms with Gasteiger partial charge in [-0.3, -0.25) is 9.78 Å². The van der Waals surface area contributed by atoms with Crippen molar-refractivity contribution in [1.29, 1.82) is 0 Å². The molecule has 2 nitrogen and oxygen atoms in total. The van der Waals surface area contributed by atoms with Gasteiger partial charge >= 0.3 is 6.18 Å². The Kier molecular flexibility index (Phi) is 3.65. The van der Waals surface area contributed by atoms with Gasteiger partial charge in [-0.15, -0.1) is 0 Å². The Morgan fingerprint density at radius 3 is 2.47 bits per heavy atom. The van der Waals surface area contributed by atoms with Crippen molar-refractivity contribution in [1.82, 2.24) is 4.98 Å². The van der Waals surface area contributed by atoms with Crippen LogP contribution in [0.5, 0.6) is 0 Å². The molecule has 1 saturated carbocycles. The first-order chi connectivity index (χ1) is 8.84. The Balaban J connectivity index is 2.39. The molecule has 0 atom stereocenters. The Labute approximate surface area is 110 Å². The largest absolute Gasteiger partial charge is 0.417 e. The van der Waals surface area contributed by atoms with Crippen LogP contribution < -0.4 is 0 Å². The molecular formula is C14H16F3NO. The van der Waals surface area contributed by atoms with E-state index in [9.17, 15) is 18.0 Å². The third kappa shape index (κ3) is 2.80. The summed E-state index contributed by atoms with van der Waals surface area (Å²) in [5.41, 5.74) is -1.85. The molecule has 2 rings (SSSR count). The Morgan fingerprint density at radius 2 is 1.89 bits per heavy atom. The SMILES string of the molecule is CC1(C(=O)c2cnccc2C(F)(F)F)CCCCC1. The Bertz CT molecular complexity index is 476. The molecule has 1 aromatic rings. The minimum atomic E-state index is -4.51. The van der Waals surface area contributed by atoms with Crippen LogP contribution >= 0.6 is 0 Å². The second-order valence-corrected chi connectivity index (χ2v) is 5.37. The van der Waals surface area contributed by atoms with Crippen LogP contribution in [0, 0.1) is 5.41 Å². The fourth-order valence-electron chi connectivity index (χ4n) is 2.71. The molecule has 0 spiro atoms. The number of alkyl halides is 3. The summed E-state index contributed by atoms with van der Waals surface area (Å²) in [5.74, 6) is -0.423. The van der Waals surface area contributed by atoms with Crippen molar-refractivity contribution < 1.29 is 18.0 Å². The molecule has 1 aliphatic rings. The van der Waals surface area contributed by atoms with Crippen LogP contribution in [0.3, 0.4) is 0 Å². The molecule has 0 amide bonds. The first-order valence-electron chi connectivity index (χ1n) is 6.41. The molecule has 0 unspecified atom stereocenters. The number of hydrogen-bond acceptors (Lipinski definition) is 2.